The van der Waals surface area contributed by atoms with E-state index in [0.717, 1.165) is 11.6 Å². The average molecular weight is 341 g/mol. The molecule has 2 rings (SSSR count). The molecular weight excluding hydrogens is 332 g/mol. The Balaban J connectivity index is 2.44. The lowest BCUT2D eigenvalue weighted by Crippen LogP contribution is -2.06. The van der Waals surface area contributed by atoms with Crippen molar-refractivity contribution in [3.05, 3.63) is 75.3 Å². The van der Waals surface area contributed by atoms with Crippen LogP contribution in [0.2, 0.25) is 5.02 Å². The molecule has 0 atom stereocenters. The fraction of sp³-hybridized carbons (Fsp3) is 0.0588. The van der Waals surface area contributed by atoms with Crippen LogP contribution in [0.4, 0.5) is 13.2 Å². The Bertz CT molecular complexity index is 751. The topological polar surface area (TPSA) is 0 Å². The Labute approximate surface area is 136 Å². The summed E-state index contributed by atoms with van der Waals surface area (Å²) in [5.41, 5.74) is 1.39. The molecule has 112 valence electrons. The number of allylic oxidation sites excluding steroid dienone is 1. The summed E-state index contributed by atoms with van der Waals surface area (Å²) in [4.78, 5) is 0. The first-order valence-corrected chi connectivity index (χ1v) is 6.93. The van der Waals surface area contributed by atoms with Gasteiger partial charge in [-0.25, -0.2) is 0 Å². The zero-order valence-electron chi connectivity index (χ0n) is 11.1. The molecular formula is C17H9Cl2F3. The fourth-order valence-electron chi connectivity index (χ4n) is 1.65. The zero-order valence-corrected chi connectivity index (χ0v) is 12.6. The molecule has 0 N–H and O–H groups in total. The van der Waals surface area contributed by atoms with E-state index in [4.69, 9.17) is 23.2 Å². The van der Waals surface area contributed by atoms with Gasteiger partial charge in [0.15, 0.2) is 0 Å². The van der Waals surface area contributed by atoms with Crippen LogP contribution in [0.25, 0.3) is 6.08 Å². The summed E-state index contributed by atoms with van der Waals surface area (Å²) in [6.45, 7) is 0. The molecule has 2 aromatic rings. The van der Waals surface area contributed by atoms with Crippen LogP contribution < -0.4 is 0 Å². The quantitative estimate of drug-likeness (QED) is 0.568. The van der Waals surface area contributed by atoms with E-state index in [1.807, 2.05) is 18.2 Å². The Hall–Kier alpha value is -1.89. The van der Waals surface area contributed by atoms with Gasteiger partial charge in [-0.1, -0.05) is 53.2 Å². The van der Waals surface area contributed by atoms with Crippen molar-refractivity contribution >= 4 is 29.3 Å². The standard InChI is InChI=1S/C17H9Cl2F3/c18-15-9-8-13(7-6-12-4-2-1-3-5-12)14(10-15)11-16(19)17(20,21)22/h1-5,8-11H/b16-11-. The van der Waals surface area contributed by atoms with Crippen molar-refractivity contribution in [2.45, 2.75) is 6.18 Å². The molecule has 0 aromatic heterocycles. The molecule has 0 aliphatic carbocycles. The molecule has 22 heavy (non-hydrogen) atoms. The molecule has 0 bridgehead atoms. The minimum absolute atomic E-state index is 0.221. The van der Waals surface area contributed by atoms with Crippen molar-refractivity contribution in [1.82, 2.24) is 0 Å². The van der Waals surface area contributed by atoms with Gasteiger partial charge in [0.2, 0.25) is 0 Å². The first-order chi connectivity index (χ1) is 10.4. The summed E-state index contributed by atoms with van der Waals surface area (Å²) < 4.78 is 37.6. The third-order valence-corrected chi connectivity index (χ3v) is 3.24. The van der Waals surface area contributed by atoms with E-state index >= 15 is 0 Å². The van der Waals surface area contributed by atoms with Crippen LogP contribution in [0.15, 0.2) is 53.6 Å². The number of hydrogen-bond donors (Lipinski definition) is 0. The van der Waals surface area contributed by atoms with Crippen molar-refractivity contribution in [2.75, 3.05) is 0 Å². The van der Waals surface area contributed by atoms with Crippen LogP contribution in [-0.4, -0.2) is 6.18 Å². The van der Waals surface area contributed by atoms with E-state index in [1.165, 1.54) is 6.07 Å². The maximum absolute atomic E-state index is 12.5. The van der Waals surface area contributed by atoms with Crippen LogP contribution in [0, 0.1) is 11.8 Å². The normalized spacial score (nSPS) is 11.8. The monoisotopic (exact) mass is 340 g/mol. The molecule has 5 heteroatoms. The van der Waals surface area contributed by atoms with E-state index in [-0.39, 0.29) is 5.56 Å². The summed E-state index contributed by atoms with van der Waals surface area (Å²) in [7, 11) is 0. The predicted octanol–water partition coefficient (Wildman–Crippen LogP) is 5.88. The van der Waals surface area contributed by atoms with Gasteiger partial charge in [0.25, 0.3) is 0 Å². The van der Waals surface area contributed by atoms with Crippen molar-refractivity contribution < 1.29 is 13.2 Å². The summed E-state index contributed by atoms with van der Waals surface area (Å²) in [6, 6.07) is 13.6. The highest BCUT2D eigenvalue weighted by Crippen LogP contribution is 2.31. The Morgan fingerprint density at radius 3 is 2.32 bits per heavy atom. The van der Waals surface area contributed by atoms with Crippen LogP contribution in [-0.2, 0) is 0 Å². The zero-order chi connectivity index (χ0) is 16.2. The van der Waals surface area contributed by atoms with Crippen molar-refractivity contribution in [2.24, 2.45) is 0 Å². The molecule has 2 aromatic carbocycles. The van der Waals surface area contributed by atoms with E-state index in [0.29, 0.717) is 10.6 Å². The van der Waals surface area contributed by atoms with Crippen molar-refractivity contribution in [3.63, 3.8) is 0 Å². The van der Waals surface area contributed by atoms with E-state index in [1.54, 1.807) is 24.3 Å². The van der Waals surface area contributed by atoms with Gasteiger partial charge in [-0.3, -0.25) is 0 Å². The summed E-state index contributed by atoms with van der Waals surface area (Å²) in [5.74, 6) is 5.72. The highest BCUT2D eigenvalue weighted by atomic mass is 35.5. The Morgan fingerprint density at radius 1 is 1.00 bits per heavy atom. The van der Waals surface area contributed by atoms with Crippen LogP contribution in [0.5, 0.6) is 0 Å². The summed E-state index contributed by atoms with van der Waals surface area (Å²) in [6.07, 6.45) is -3.78. The van der Waals surface area contributed by atoms with Crippen molar-refractivity contribution in [3.8, 4) is 11.8 Å². The molecule has 0 spiro atoms. The highest BCUT2D eigenvalue weighted by molar-refractivity contribution is 6.32. The van der Waals surface area contributed by atoms with Gasteiger partial charge in [0.1, 0.15) is 5.03 Å². The molecule has 0 unspecified atom stereocenters. The maximum atomic E-state index is 12.5. The van der Waals surface area contributed by atoms with Crippen LogP contribution >= 0.6 is 23.2 Å². The maximum Gasteiger partial charge on any atom is 0.426 e. The lowest BCUT2D eigenvalue weighted by atomic mass is 10.1. The Morgan fingerprint density at radius 2 is 1.68 bits per heavy atom. The number of benzene rings is 2. The van der Waals surface area contributed by atoms with E-state index < -0.39 is 11.2 Å². The van der Waals surface area contributed by atoms with Gasteiger partial charge in [-0.2, -0.15) is 13.2 Å². The van der Waals surface area contributed by atoms with Gasteiger partial charge in [-0.05, 0) is 42.0 Å². The van der Waals surface area contributed by atoms with Gasteiger partial charge >= 0.3 is 6.18 Å². The largest absolute Gasteiger partial charge is 0.426 e. The number of rotatable bonds is 1. The molecule has 0 saturated carbocycles. The lowest BCUT2D eigenvalue weighted by molar-refractivity contribution is -0.0836. The second-order valence-electron chi connectivity index (χ2n) is 4.34. The highest BCUT2D eigenvalue weighted by Gasteiger charge is 2.32. The second kappa shape index (κ2) is 6.91. The number of halogens is 5. The van der Waals surface area contributed by atoms with Gasteiger partial charge in [0, 0.05) is 16.1 Å². The third-order valence-electron chi connectivity index (χ3n) is 2.68. The second-order valence-corrected chi connectivity index (χ2v) is 5.18. The SMILES string of the molecule is FC(F)(F)/C(Cl)=C/c1cc(Cl)ccc1C#Cc1ccccc1. The fourth-order valence-corrected chi connectivity index (χ4v) is 1.94. The minimum atomic E-state index is -4.60. The summed E-state index contributed by atoms with van der Waals surface area (Å²) in [5, 5.41) is -0.916. The molecule has 0 heterocycles. The van der Waals surface area contributed by atoms with Crippen molar-refractivity contribution in [1.29, 1.82) is 0 Å². The number of hydrogen-bond acceptors (Lipinski definition) is 0. The molecule has 0 radical (unpaired) electrons. The third kappa shape index (κ3) is 4.56. The molecule has 0 fully saturated rings. The predicted molar refractivity (Wildman–Crippen MR) is 83.8 cm³/mol. The number of alkyl halides is 3. The van der Waals surface area contributed by atoms with Crippen LogP contribution in [0.1, 0.15) is 16.7 Å². The molecule has 0 saturated heterocycles. The van der Waals surface area contributed by atoms with Gasteiger partial charge < -0.3 is 0 Å². The Kier molecular flexibility index (Phi) is 5.18. The average Bonchev–Trinajstić information content (AvgIpc) is 2.46. The minimum Gasteiger partial charge on any atom is -0.165 e. The smallest absolute Gasteiger partial charge is 0.165 e. The first kappa shape index (κ1) is 16.5. The van der Waals surface area contributed by atoms with Crippen LogP contribution in [0.3, 0.4) is 0 Å². The van der Waals surface area contributed by atoms with E-state index in [2.05, 4.69) is 11.8 Å². The van der Waals surface area contributed by atoms with Gasteiger partial charge in [-0.15, -0.1) is 0 Å². The van der Waals surface area contributed by atoms with Gasteiger partial charge in [0.05, 0.1) is 0 Å². The molecule has 0 aliphatic rings. The molecule has 0 nitrogen and oxygen atoms in total. The molecule has 0 aliphatic heterocycles. The summed E-state index contributed by atoms with van der Waals surface area (Å²) >= 11 is 11.1. The molecule has 0 amide bonds. The lowest BCUT2D eigenvalue weighted by Gasteiger charge is -2.06. The van der Waals surface area contributed by atoms with E-state index in [9.17, 15) is 13.2 Å². The first-order valence-electron chi connectivity index (χ1n) is 6.17.